The van der Waals surface area contributed by atoms with Crippen LogP contribution in [0.5, 0.6) is 0 Å². The molecule has 0 aliphatic heterocycles. The SMILES string of the molecule is Cc1nc(Cl)nc(Nc2ccc3c(c2)n(CCC(C)(C)O)c(=O)n3C)c1Cl. The summed E-state index contributed by atoms with van der Waals surface area (Å²) in [5.41, 5.74) is 1.84. The minimum absolute atomic E-state index is 0.0993. The highest BCUT2D eigenvalue weighted by molar-refractivity contribution is 6.34. The van der Waals surface area contributed by atoms with Crippen LogP contribution in [0.15, 0.2) is 23.0 Å². The van der Waals surface area contributed by atoms with Gasteiger partial charge < -0.3 is 10.4 Å². The Balaban J connectivity index is 2.03. The number of fused-ring (bicyclic) bond motifs is 1. The van der Waals surface area contributed by atoms with Gasteiger partial charge in [0.1, 0.15) is 5.02 Å². The van der Waals surface area contributed by atoms with Gasteiger partial charge in [0.25, 0.3) is 0 Å². The van der Waals surface area contributed by atoms with E-state index >= 15 is 0 Å². The highest BCUT2D eigenvalue weighted by atomic mass is 35.5. The molecule has 2 N–H and O–H groups in total. The Hall–Kier alpha value is -2.09. The first kappa shape index (κ1) is 19.7. The molecule has 7 nitrogen and oxygen atoms in total. The Morgan fingerprint density at radius 1 is 1.22 bits per heavy atom. The van der Waals surface area contributed by atoms with Crippen molar-refractivity contribution in [2.75, 3.05) is 5.32 Å². The largest absolute Gasteiger partial charge is 0.390 e. The first-order chi connectivity index (χ1) is 12.6. The summed E-state index contributed by atoms with van der Waals surface area (Å²) >= 11 is 12.2. The standard InChI is InChI=1S/C18H21Cl2N5O2/c1-10-14(19)15(23-16(20)21-10)22-11-5-6-12-13(9-11)25(17(26)24(12)4)8-7-18(2,3)27/h5-6,9,27H,7-8H2,1-4H3,(H,21,22,23). The van der Waals surface area contributed by atoms with Crippen LogP contribution in [0, 0.1) is 6.92 Å². The van der Waals surface area contributed by atoms with E-state index in [9.17, 15) is 9.90 Å². The average molecular weight is 410 g/mol. The van der Waals surface area contributed by atoms with Gasteiger partial charge in [0.15, 0.2) is 5.82 Å². The maximum Gasteiger partial charge on any atom is 0.328 e. The molecule has 3 aromatic rings. The Morgan fingerprint density at radius 2 is 1.93 bits per heavy atom. The van der Waals surface area contributed by atoms with Crippen LogP contribution < -0.4 is 11.0 Å². The van der Waals surface area contributed by atoms with Gasteiger partial charge in [-0.05, 0) is 57.0 Å². The van der Waals surface area contributed by atoms with E-state index in [4.69, 9.17) is 23.2 Å². The zero-order valence-corrected chi connectivity index (χ0v) is 17.1. The van der Waals surface area contributed by atoms with Crippen LogP contribution in [-0.4, -0.2) is 29.8 Å². The monoisotopic (exact) mass is 409 g/mol. The summed E-state index contributed by atoms with van der Waals surface area (Å²) in [4.78, 5) is 20.7. The fraction of sp³-hybridized carbons (Fsp3) is 0.389. The average Bonchev–Trinajstić information content (AvgIpc) is 2.80. The summed E-state index contributed by atoms with van der Waals surface area (Å²) in [5, 5.41) is 13.6. The summed E-state index contributed by atoms with van der Waals surface area (Å²) in [6.45, 7) is 5.59. The highest BCUT2D eigenvalue weighted by Gasteiger charge is 2.17. The number of benzene rings is 1. The number of aliphatic hydroxyl groups is 1. The van der Waals surface area contributed by atoms with Gasteiger partial charge in [0.05, 0.1) is 22.3 Å². The lowest BCUT2D eigenvalue weighted by molar-refractivity contribution is 0.0662. The van der Waals surface area contributed by atoms with Gasteiger partial charge in [-0.3, -0.25) is 9.13 Å². The van der Waals surface area contributed by atoms with Crippen molar-refractivity contribution in [2.24, 2.45) is 7.05 Å². The Kier molecular flexibility index (Phi) is 5.20. The molecule has 144 valence electrons. The molecule has 0 amide bonds. The number of imidazole rings is 1. The van der Waals surface area contributed by atoms with Gasteiger partial charge in [0.2, 0.25) is 5.28 Å². The van der Waals surface area contributed by atoms with Crippen LogP contribution in [0.3, 0.4) is 0 Å². The molecule has 0 radical (unpaired) electrons. The van der Waals surface area contributed by atoms with Crippen molar-refractivity contribution in [3.63, 3.8) is 0 Å². The van der Waals surface area contributed by atoms with E-state index in [-0.39, 0.29) is 11.0 Å². The number of hydrogen-bond acceptors (Lipinski definition) is 5. The fourth-order valence-electron chi connectivity index (χ4n) is 2.83. The van der Waals surface area contributed by atoms with Crippen molar-refractivity contribution in [2.45, 2.75) is 39.3 Å². The van der Waals surface area contributed by atoms with E-state index < -0.39 is 5.60 Å². The maximum atomic E-state index is 12.6. The molecule has 2 heterocycles. The summed E-state index contributed by atoms with van der Waals surface area (Å²) < 4.78 is 3.24. The molecule has 0 spiro atoms. The number of halogens is 2. The molecular formula is C18H21Cl2N5O2. The lowest BCUT2D eigenvalue weighted by Crippen LogP contribution is -2.27. The van der Waals surface area contributed by atoms with Crippen LogP contribution in [0.25, 0.3) is 11.0 Å². The summed E-state index contributed by atoms with van der Waals surface area (Å²) in [5.74, 6) is 0.398. The van der Waals surface area contributed by atoms with Crippen LogP contribution in [-0.2, 0) is 13.6 Å². The molecule has 3 rings (SSSR count). The topological polar surface area (TPSA) is 85.0 Å². The van der Waals surface area contributed by atoms with Crippen LogP contribution in [0.2, 0.25) is 10.3 Å². The smallest absolute Gasteiger partial charge is 0.328 e. The Bertz CT molecular complexity index is 1070. The molecule has 9 heteroatoms. The lowest BCUT2D eigenvalue weighted by Gasteiger charge is -2.17. The van der Waals surface area contributed by atoms with Gasteiger partial charge in [-0.15, -0.1) is 0 Å². The van der Waals surface area contributed by atoms with Gasteiger partial charge in [-0.1, -0.05) is 11.6 Å². The third-order valence-corrected chi connectivity index (χ3v) is 4.97. The number of aromatic nitrogens is 4. The van der Waals surface area contributed by atoms with Crippen molar-refractivity contribution in [1.29, 1.82) is 0 Å². The molecule has 0 saturated heterocycles. The second-order valence-corrected chi connectivity index (χ2v) is 7.84. The second kappa shape index (κ2) is 7.14. The molecular weight excluding hydrogens is 389 g/mol. The minimum Gasteiger partial charge on any atom is -0.390 e. The summed E-state index contributed by atoms with van der Waals surface area (Å²) in [7, 11) is 1.72. The molecule has 27 heavy (non-hydrogen) atoms. The molecule has 1 aromatic carbocycles. The Morgan fingerprint density at radius 3 is 2.59 bits per heavy atom. The summed E-state index contributed by atoms with van der Waals surface area (Å²) in [6.07, 6.45) is 0.455. The molecule has 0 aliphatic carbocycles. The van der Waals surface area contributed by atoms with Crippen molar-refractivity contribution in [3.8, 4) is 0 Å². The molecule has 0 saturated carbocycles. The predicted octanol–water partition coefficient (Wildman–Crippen LogP) is 3.65. The second-order valence-electron chi connectivity index (χ2n) is 7.12. The Labute approximate surface area is 166 Å². The van der Waals surface area contributed by atoms with Crippen molar-refractivity contribution >= 4 is 45.7 Å². The molecule has 0 fully saturated rings. The number of aryl methyl sites for hydroxylation is 3. The highest BCUT2D eigenvalue weighted by Crippen LogP contribution is 2.28. The lowest BCUT2D eigenvalue weighted by atomic mass is 10.1. The van der Waals surface area contributed by atoms with Crippen molar-refractivity contribution < 1.29 is 5.11 Å². The molecule has 0 unspecified atom stereocenters. The minimum atomic E-state index is -0.861. The third-order valence-electron chi connectivity index (χ3n) is 4.34. The van der Waals surface area contributed by atoms with E-state index in [1.807, 2.05) is 18.2 Å². The van der Waals surface area contributed by atoms with E-state index in [0.29, 0.717) is 35.2 Å². The van der Waals surface area contributed by atoms with Gasteiger partial charge >= 0.3 is 5.69 Å². The van der Waals surface area contributed by atoms with E-state index in [1.54, 1.807) is 37.0 Å². The zero-order valence-electron chi connectivity index (χ0n) is 15.5. The van der Waals surface area contributed by atoms with Gasteiger partial charge in [-0.25, -0.2) is 9.78 Å². The number of anilines is 2. The first-order valence-corrected chi connectivity index (χ1v) is 9.21. The van der Waals surface area contributed by atoms with E-state index in [1.165, 1.54) is 0 Å². The zero-order chi connectivity index (χ0) is 19.9. The van der Waals surface area contributed by atoms with Crippen molar-refractivity contribution in [3.05, 3.63) is 44.7 Å². The van der Waals surface area contributed by atoms with Crippen molar-refractivity contribution in [1.82, 2.24) is 19.1 Å². The number of nitrogens with one attached hydrogen (secondary N) is 1. The normalized spacial score (nSPS) is 12.0. The number of nitrogens with zero attached hydrogens (tertiary/aromatic N) is 4. The predicted molar refractivity (Wildman–Crippen MR) is 108 cm³/mol. The molecule has 0 bridgehead atoms. The maximum absolute atomic E-state index is 12.6. The van der Waals surface area contributed by atoms with E-state index in [2.05, 4.69) is 15.3 Å². The third kappa shape index (κ3) is 4.10. The van der Waals surface area contributed by atoms with Gasteiger partial charge in [0, 0.05) is 19.3 Å². The number of hydrogen-bond donors (Lipinski definition) is 2. The van der Waals surface area contributed by atoms with Crippen LogP contribution in [0.4, 0.5) is 11.5 Å². The number of rotatable bonds is 5. The quantitative estimate of drug-likeness (QED) is 0.628. The van der Waals surface area contributed by atoms with Crippen LogP contribution >= 0.6 is 23.2 Å². The molecule has 0 aliphatic rings. The molecule has 0 atom stereocenters. The first-order valence-electron chi connectivity index (χ1n) is 8.45. The van der Waals surface area contributed by atoms with Crippen LogP contribution in [0.1, 0.15) is 26.0 Å². The van der Waals surface area contributed by atoms with Gasteiger partial charge in [-0.2, -0.15) is 4.98 Å². The van der Waals surface area contributed by atoms with E-state index in [0.717, 1.165) is 11.0 Å². The summed E-state index contributed by atoms with van der Waals surface area (Å²) in [6, 6.07) is 5.54. The fourth-order valence-corrected chi connectivity index (χ4v) is 3.18. The molecule has 2 aromatic heterocycles.